The Hall–Kier alpha value is -2.15. The maximum absolute atomic E-state index is 9.29. The molecule has 4 rings (SSSR count). The van der Waals surface area contributed by atoms with Gasteiger partial charge in [0.25, 0.3) is 0 Å². The van der Waals surface area contributed by atoms with Gasteiger partial charge in [0.2, 0.25) is 5.95 Å². The average molecular weight is 291 g/mol. The second-order valence-electron chi connectivity index (χ2n) is 5.14. The zero-order chi connectivity index (χ0) is 18.9. The van der Waals surface area contributed by atoms with Crippen molar-refractivity contribution in [1.82, 2.24) is 19.5 Å². The van der Waals surface area contributed by atoms with Crippen molar-refractivity contribution in [3.05, 3.63) is 18.5 Å². The van der Waals surface area contributed by atoms with Gasteiger partial charge in [-0.25, -0.2) is 4.98 Å². The molecule has 4 N–H and O–H groups in total. The molecule has 110 valence electrons. The van der Waals surface area contributed by atoms with Gasteiger partial charge < -0.3 is 20.7 Å². The Morgan fingerprint density at radius 3 is 3.05 bits per heavy atom. The number of hydrogen-bond donors (Lipinski definition) is 3. The number of anilines is 2. The van der Waals surface area contributed by atoms with Crippen LogP contribution in [-0.4, -0.2) is 37.3 Å². The summed E-state index contributed by atoms with van der Waals surface area (Å²) in [5.41, 5.74) is 6.45. The van der Waals surface area contributed by atoms with Gasteiger partial charge in [-0.05, 0) is 19.2 Å². The van der Waals surface area contributed by atoms with E-state index in [0.29, 0.717) is 12.1 Å². The first-order valence-electron chi connectivity index (χ1n) is 9.20. The minimum Gasteiger partial charge on any atom is -0.396 e. The van der Waals surface area contributed by atoms with Gasteiger partial charge in [0, 0.05) is 24.0 Å². The summed E-state index contributed by atoms with van der Waals surface area (Å²) in [5, 5.41) is 11.8. The summed E-state index contributed by atoms with van der Waals surface area (Å²) in [7, 11) is 0. The molecule has 2 aromatic heterocycles. The van der Waals surface area contributed by atoms with Crippen LogP contribution in [0.5, 0.6) is 0 Å². The lowest BCUT2D eigenvalue weighted by Gasteiger charge is -2.13. The Kier molecular flexibility index (Phi) is 1.86. The van der Waals surface area contributed by atoms with Crippen LogP contribution in [0.15, 0.2) is 18.5 Å². The van der Waals surface area contributed by atoms with Gasteiger partial charge in [-0.3, -0.25) is 0 Å². The van der Waals surface area contributed by atoms with Crippen LogP contribution in [0, 0.1) is 5.92 Å². The highest BCUT2D eigenvalue weighted by atomic mass is 16.3. The van der Waals surface area contributed by atoms with Gasteiger partial charge in [0.15, 0.2) is 17.0 Å². The second-order valence-corrected chi connectivity index (χ2v) is 5.14. The first-order valence-corrected chi connectivity index (χ1v) is 6.70. The molecule has 0 unspecified atom stereocenters. The number of aliphatic hydroxyl groups excluding tert-OH is 1. The molecular weight excluding hydrogens is 268 g/mol. The fourth-order valence-corrected chi connectivity index (χ4v) is 2.57. The molecule has 0 aliphatic heterocycles. The quantitative estimate of drug-likeness (QED) is 0.729. The minimum absolute atomic E-state index is 0.0205. The summed E-state index contributed by atoms with van der Waals surface area (Å²) in [6.45, 7) is 0.0507. The zero-order valence-electron chi connectivity index (χ0n) is 16.1. The summed E-state index contributed by atoms with van der Waals surface area (Å²) in [4.78, 5) is 12.5. The molecule has 2 aromatic rings. The maximum Gasteiger partial charge on any atom is 0.224 e. The molecule has 2 aliphatic carbocycles. The van der Waals surface area contributed by atoms with Gasteiger partial charge in [0.1, 0.15) is 0 Å². The summed E-state index contributed by atoms with van der Waals surface area (Å²) in [5.74, 6) is -0.0170. The molecule has 0 aromatic carbocycles. The molecule has 1 fully saturated rings. The van der Waals surface area contributed by atoms with Crippen molar-refractivity contribution in [3.63, 3.8) is 0 Å². The Bertz CT molecular complexity index is 899. The van der Waals surface area contributed by atoms with E-state index in [2.05, 4.69) is 20.3 Å². The first-order chi connectivity index (χ1) is 12.1. The van der Waals surface area contributed by atoms with E-state index in [9.17, 15) is 5.11 Å². The molecule has 0 bridgehead atoms. The number of hydrogen-bond acceptors (Lipinski definition) is 6. The smallest absolute Gasteiger partial charge is 0.224 e. The zero-order valence-corrected chi connectivity index (χ0v) is 11.1. The number of nitrogens with two attached hydrogens (primary N) is 1. The average Bonchev–Trinajstić information content (AvgIpc) is 3.08. The van der Waals surface area contributed by atoms with Gasteiger partial charge in [-0.1, -0.05) is 12.2 Å². The van der Waals surface area contributed by atoms with E-state index in [0.717, 1.165) is 0 Å². The van der Waals surface area contributed by atoms with Crippen LogP contribution in [0.25, 0.3) is 11.2 Å². The van der Waals surface area contributed by atoms with Crippen molar-refractivity contribution in [2.75, 3.05) is 17.7 Å². The van der Waals surface area contributed by atoms with E-state index >= 15 is 0 Å². The Balaban J connectivity index is 1.73. The van der Waals surface area contributed by atoms with Crippen LogP contribution in [0.3, 0.4) is 0 Å². The highest BCUT2D eigenvalue weighted by Crippen LogP contribution is 2.32. The van der Waals surface area contributed by atoms with Crippen LogP contribution < -0.4 is 11.1 Å². The fourth-order valence-electron chi connectivity index (χ4n) is 2.57. The molecule has 0 radical (unpaired) electrons. The number of imidazole rings is 1. The molecule has 2 atom stereocenters. The number of allylic oxidation sites excluding steroid dienone is 1. The van der Waals surface area contributed by atoms with Crippen molar-refractivity contribution >= 4 is 22.9 Å². The molecule has 0 amide bonds. The Labute approximate surface area is 128 Å². The molecule has 21 heavy (non-hydrogen) atoms. The van der Waals surface area contributed by atoms with Crippen LogP contribution in [-0.2, 0) is 0 Å². The summed E-state index contributed by atoms with van der Waals surface area (Å²) in [6.07, 6.45) is 1.34. The summed E-state index contributed by atoms with van der Waals surface area (Å²) < 4.78 is 40.7. The lowest BCUT2D eigenvalue weighted by atomic mass is 10.1. The number of aromatic nitrogens is 4. The largest absolute Gasteiger partial charge is 0.396 e. The molecule has 1 saturated carbocycles. The highest BCUT2D eigenvalue weighted by molar-refractivity contribution is 5.84. The number of nitrogens with zero attached hydrogens (tertiary/aromatic N) is 4. The van der Waals surface area contributed by atoms with Crippen molar-refractivity contribution in [2.45, 2.75) is 31.2 Å². The van der Waals surface area contributed by atoms with Crippen molar-refractivity contribution < 1.29 is 12.0 Å². The highest BCUT2D eigenvalue weighted by Gasteiger charge is 2.26. The van der Waals surface area contributed by atoms with Crippen LogP contribution >= 0.6 is 0 Å². The Morgan fingerprint density at radius 1 is 1.48 bits per heavy atom. The van der Waals surface area contributed by atoms with E-state index in [1.165, 1.54) is 0 Å². The molecule has 7 nitrogen and oxygen atoms in total. The monoisotopic (exact) mass is 291 g/mol. The number of aliphatic hydroxyl groups is 1. The molecule has 0 saturated heterocycles. The summed E-state index contributed by atoms with van der Waals surface area (Å²) >= 11 is 0. The fraction of sp³-hybridized carbons (Fsp3) is 0.500. The lowest BCUT2D eigenvalue weighted by Crippen LogP contribution is -2.10. The number of nitrogen functional groups attached to an aromatic ring is 1. The third-order valence-electron chi connectivity index (χ3n) is 3.67. The predicted molar refractivity (Wildman–Crippen MR) is 79.7 cm³/mol. The lowest BCUT2D eigenvalue weighted by molar-refractivity contribution is 0.244. The molecule has 2 heterocycles. The second kappa shape index (κ2) is 4.70. The van der Waals surface area contributed by atoms with Gasteiger partial charge >= 0.3 is 0 Å². The molecule has 2 aliphatic rings. The standard InChI is InChI=1S/C14H18N6O/c15-14-18-12(17-9-2-3-9)11-13(19-14)20(7-16-11)10-4-1-8(5-10)6-21/h1,4,7-10,21H,2-3,5-6H2,(H3,15,17,18,19)/t8-,10+/m1/s1/i2D2,3D2,9D. The van der Waals surface area contributed by atoms with Crippen LogP contribution in [0.4, 0.5) is 11.8 Å². The predicted octanol–water partition coefficient (Wildman–Crippen LogP) is 1.09. The first kappa shape index (κ1) is 8.33. The third-order valence-corrected chi connectivity index (χ3v) is 3.67. The van der Waals surface area contributed by atoms with Gasteiger partial charge in [-0.2, -0.15) is 9.97 Å². The maximum atomic E-state index is 9.29. The van der Waals surface area contributed by atoms with E-state index in [1.54, 1.807) is 10.9 Å². The van der Waals surface area contributed by atoms with Crippen molar-refractivity contribution in [2.24, 2.45) is 5.92 Å². The third kappa shape index (κ3) is 2.23. The van der Waals surface area contributed by atoms with Crippen molar-refractivity contribution in [3.8, 4) is 0 Å². The minimum atomic E-state index is -2.38. The van der Waals surface area contributed by atoms with E-state index in [4.69, 9.17) is 12.6 Å². The SMILES string of the molecule is [2H]C1([2H])C([2H])([2H])C1([2H])Nc1nc(N)nc2c1ncn2[C@H]1C=C[C@@H](CO)C1. The van der Waals surface area contributed by atoms with Gasteiger partial charge in [-0.15, -0.1) is 0 Å². The number of nitrogens with one attached hydrogen (secondary N) is 1. The normalized spacial score (nSPS) is 34.6. The van der Waals surface area contributed by atoms with Crippen LogP contribution in [0.1, 0.15) is 32.1 Å². The number of rotatable bonds is 4. The van der Waals surface area contributed by atoms with E-state index in [1.807, 2.05) is 12.2 Å². The topological polar surface area (TPSA) is 102 Å². The Morgan fingerprint density at radius 2 is 2.33 bits per heavy atom. The summed E-state index contributed by atoms with van der Waals surface area (Å²) in [6, 6.07) is -2.25. The van der Waals surface area contributed by atoms with E-state index in [-0.39, 0.29) is 35.8 Å². The molecule has 0 spiro atoms. The van der Waals surface area contributed by atoms with Crippen LogP contribution in [0.2, 0.25) is 0 Å². The molecule has 7 heteroatoms. The van der Waals surface area contributed by atoms with Crippen molar-refractivity contribution in [1.29, 1.82) is 0 Å². The van der Waals surface area contributed by atoms with E-state index < -0.39 is 18.8 Å². The number of fused-ring (bicyclic) bond motifs is 1. The van der Waals surface area contributed by atoms with Gasteiger partial charge in [0.05, 0.1) is 13.7 Å². The molecular formula is C14H18N6O.